The number of anilines is 1. The fourth-order valence-electron chi connectivity index (χ4n) is 4.58. The van der Waals surface area contributed by atoms with Gasteiger partial charge in [-0.1, -0.05) is 109 Å². The molecule has 5 nitrogen and oxygen atoms in total. The van der Waals surface area contributed by atoms with E-state index in [0.29, 0.717) is 5.69 Å². The Bertz CT molecular complexity index is 802. The van der Waals surface area contributed by atoms with Crippen molar-refractivity contribution >= 4 is 23.4 Å². The van der Waals surface area contributed by atoms with Crippen LogP contribution in [0.15, 0.2) is 36.4 Å². The smallest absolute Gasteiger partial charge is 0.269 e. The van der Waals surface area contributed by atoms with Gasteiger partial charge in [-0.3, -0.25) is 25.0 Å². The van der Waals surface area contributed by atoms with Crippen molar-refractivity contribution in [3.8, 4) is 0 Å². The minimum Gasteiger partial charge on any atom is -0.274 e. The van der Waals surface area contributed by atoms with Gasteiger partial charge in [-0.2, -0.15) is 0 Å². The van der Waals surface area contributed by atoms with E-state index in [1.54, 1.807) is 12.1 Å². The van der Waals surface area contributed by atoms with E-state index >= 15 is 0 Å². The molecule has 0 saturated carbocycles. The van der Waals surface area contributed by atoms with Crippen LogP contribution in [-0.4, -0.2) is 17.7 Å². The monoisotopic (exact) mass is 467 g/mol. The van der Waals surface area contributed by atoms with Crippen LogP contribution in [0.4, 0.5) is 5.69 Å². The predicted octanol–water partition coefficient (Wildman–Crippen LogP) is 7.42. The number of rotatable bonds is 18. The Morgan fingerprint density at radius 2 is 1.47 bits per heavy atom. The second-order valence-electron chi connectivity index (χ2n) is 9.57. The van der Waals surface area contributed by atoms with Crippen molar-refractivity contribution in [2.45, 2.75) is 110 Å². The molecule has 1 radical (unpaired) electrons. The van der Waals surface area contributed by atoms with Crippen LogP contribution in [0.5, 0.6) is 0 Å². The summed E-state index contributed by atoms with van der Waals surface area (Å²) in [5.74, 6) is -1.78. The maximum absolute atomic E-state index is 12.7. The number of imide groups is 1. The zero-order valence-corrected chi connectivity index (χ0v) is 21.0. The molecule has 1 aromatic carbocycles. The Morgan fingerprint density at radius 1 is 0.912 bits per heavy atom. The van der Waals surface area contributed by atoms with E-state index in [0.717, 1.165) is 17.7 Å². The number of allylic oxidation sites excluding steroid dienone is 1. The molecule has 187 valence electrons. The van der Waals surface area contributed by atoms with Crippen LogP contribution in [-0.2, 0) is 9.59 Å². The first-order chi connectivity index (χ1) is 16.5. The van der Waals surface area contributed by atoms with Crippen molar-refractivity contribution in [2.75, 3.05) is 4.90 Å². The maximum Gasteiger partial charge on any atom is 0.269 e. The van der Waals surface area contributed by atoms with Gasteiger partial charge in [-0.25, -0.2) is 0 Å². The maximum atomic E-state index is 12.7. The van der Waals surface area contributed by atoms with Crippen LogP contribution in [0.25, 0.3) is 0 Å². The standard InChI is InChI=1S/C29H43N2O3/c1-2-3-4-5-6-7-8-9-10-11-12-13-14-15-16-17-19-25-23-27(32)31(29(25)34)26-21-18-20-24(22-26)28(30)33/h17-22,25,30H,2-16,23H2,1H3/b19-17+. The summed E-state index contributed by atoms with van der Waals surface area (Å²) in [6, 6.07) is 6.17. The van der Waals surface area contributed by atoms with Crippen molar-refractivity contribution < 1.29 is 14.4 Å². The molecule has 1 atom stereocenters. The first kappa shape index (κ1) is 27.8. The lowest BCUT2D eigenvalue weighted by Crippen LogP contribution is -2.30. The van der Waals surface area contributed by atoms with Crippen molar-refractivity contribution in [2.24, 2.45) is 5.92 Å². The largest absolute Gasteiger partial charge is 0.274 e. The van der Waals surface area contributed by atoms with Crippen LogP contribution >= 0.6 is 0 Å². The quantitative estimate of drug-likeness (QED) is 0.128. The van der Waals surface area contributed by atoms with Crippen LogP contribution < -0.4 is 10.6 Å². The topological polar surface area (TPSA) is 78.2 Å². The molecule has 1 aliphatic rings. The molecule has 5 heteroatoms. The summed E-state index contributed by atoms with van der Waals surface area (Å²) in [6.45, 7) is 2.27. The lowest BCUT2D eigenvalue weighted by molar-refractivity contribution is -0.121. The summed E-state index contributed by atoms with van der Waals surface area (Å²) in [4.78, 5) is 37.5. The number of amides is 3. The number of hydrogen-bond acceptors (Lipinski definition) is 3. The van der Waals surface area contributed by atoms with Gasteiger partial charge < -0.3 is 0 Å². The van der Waals surface area contributed by atoms with Gasteiger partial charge >= 0.3 is 0 Å². The van der Waals surface area contributed by atoms with Gasteiger partial charge in [0.1, 0.15) is 0 Å². The Morgan fingerprint density at radius 3 is 2.03 bits per heavy atom. The van der Waals surface area contributed by atoms with E-state index in [1.807, 2.05) is 12.2 Å². The summed E-state index contributed by atoms with van der Waals surface area (Å²) >= 11 is 0. The molecule has 0 spiro atoms. The van der Waals surface area contributed by atoms with Crippen molar-refractivity contribution in [3.63, 3.8) is 0 Å². The summed E-state index contributed by atoms with van der Waals surface area (Å²) in [5, 5.41) is 0. The Hall–Kier alpha value is -2.43. The molecule has 0 bridgehead atoms. The average molecular weight is 468 g/mol. The molecule has 1 saturated heterocycles. The Kier molecular flexibility index (Phi) is 13.3. The summed E-state index contributed by atoms with van der Waals surface area (Å²) in [6.07, 6.45) is 23.7. The number of carbonyl (C=O) groups is 3. The van der Waals surface area contributed by atoms with Gasteiger partial charge in [0, 0.05) is 12.0 Å². The lowest BCUT2D eigenvalue weighted by atomic mass is 10.0. The van der Waals surface area contributed by atoms with Crippen LogP contribution in [0.3, 0.4) is 0 Å². The molecule has 1 fully saturated rings. The average Bonchev–Trinajstić information content (AvgIpc) is 3.11. The fraction of sp³-hybridized carbons (Fsp3) is 0.621. The Balaban J connectivity index is 1.54. The molecule has 0 aromatic heterocycles. The van der Waals surface area contributed by atoms with Gasteiger partial charge in [-0.15, -0.1) is 0 Å². The number of hydrogen-bond donors (Lipinski definition) is 0. The minimum atomic E-state index is -0.828. The molecule has 1 unspecified atom stereocenters. The van der Waals surface area contributed by atoms with Gasteiger partial charge in [-0.05, 0) is 31.0 Å². The van der Waals surface area contributed by atoms with E-state index in [2.05, 4.69) is 6.92 Å². The SMILES string of the molecule is CCCCCCCCCCCCCCCC/C=C/C1CC(=O)N(c2cccc(C([NH])=O)c2)C1=O. The normalized spacial score (nSPS) is 16.1. The second kappa shape index (κ2) is 16.2. The predicted molar refractivity (Wildman–Crippen MR) is 139 cm³/mol. The molecule has 1 aliphatic heterocycles. The summed E-state index contributed by atoms with van der Waals surface area (Å²) in [5.41, 5.74) is 7.78. The van der Waals surface area contributed by atoms with Gasteiger partial charge in [0.15, 0.2) is 0 Å². The van der Waals surface area contributed by atoms with E-state index < -0.39 is 11.8 Å². The Labute approximate surface area is 206 Å². The number of nitrogens with one attached hydrogen (secondary N) is 1. The zero-order valence-electron chi connectivity index (χ0n) is 21.0. The van der Waals surface area contributed by atoms with Crippen LogP contribution in [0, 0.1) is 5.92 Å². The first-order valence-electron chi connectivity index (χ1n) is 13.4. The molecule has 3 amide bonds. The second-order valence-corrected chi connectivity index (χ2v) is 9.57. The van der Waals surface area contributed by atoms with Crippen LogP contribution in [0.2, 0.25) is 0 Å². The van der Waals surface area contributed by atoms with E-state index in [4.69, 9.17) is 5.73 Å². The molecule has 2 rings (SSSR count). The van der Waals surface area contributed by atoms with E-state index in [1.165, 1.54) is 95.6 Å². The number of benzene rings is 1. The molecule has 1 aromatic rings. The van der Waals surface area contributed by atoms with E-state index in [9.17, 15) is 14.4 Å². The van der Waals surface area contributed by atoms with Gasteiger partial charge in [0.05, 0.1) is 11.6 Å². The highest BCUT2D eigenvalue weighted by atomic mass is 16.2. The van der Waals surface area contributed by atoms with Crippen molar-refractivity contribution in [1.82, 2.24) is 5.73 Å². The van der Waals surface area contributed by atoms with Crippen molar-refractivity contribution in [3.05, 3.63) is 42.0 Å². The molecule has 0 aliphatic carbocycles. The molecule has 34 heavy (non-hydrogen) atoms. The highest BCUT2D eigenvalue weighted by molar-refractivity contribution is 6.21. The first-order valence-corrected chi connectivity index (χ1v) is 13.4. The third kappa shape index (κ3) is 9.82. The highest BCUT2D eigenvalue weighted by Crippen LogP contribution is 2.28. The number of carbonyl (C=O) groups excluding carboxylic acids is 3. The molecular weight excluding hydrogens is 424 g/mol. The van der Waals surface area contributed by atoms with Crippen molar-refractivity contribution in [1.29, 1.82) is 0 Å². The molecule has 1 heterocycles. The molecule has 1 N–H and O–H groups in total. The van der Waals surface area contributed by atoms with E-state index in [-0.39, 0.29) is 23.8 Å². The fourth-order valence-corrected chi connectivity index (χ4v) is 4.58. The molecular formula is C29H43N2O3. The lowest BCUT2D eigenvalue weighted by Gasteiger charge is -2.14. The zero-order chi connectivity index (χ0) is 24.6. The summed E-state index contributed by atoms with van der Waals surface area (Å²) < 4.78 is 0. The summed E-state index contributed by atoms with van der Waals surface area (Å²) in [7, 11) is 0. The minimum absolute atomic E-state index is 0.160. The third-order valence-corrected chi connectivity index (χ3v) is 6.64. The highest BCUT2D eigenvalue weighted by Gasteiger charge is 2.38. The van der Waals surface area contributed by atoms with Gasteiger partial charge in [0.25, 0.3) is 5.91 Å². The number of nitrogens with zero attached hydrogens (tertiary/aromatic N) is 1. The van der Waals surface area contributed by atoms with Crippen LogP contribution in [0.1, 0.15) is 120 Å². The third-order valence-electron chi connectivity index (χ3n) is 6.64. The number of unbranched alkanes of at least 4 members (excludes halogenated alkanes) is 14. The van der Waals surface area contributed by atoms with Gasteiger partial charge in [0.2, 0.25) is 11.8 Å².